The molecular weight excluding hydrogens is 302 g/mol. The number of likely N-dealkylation sites (tertiary alicyclic amines) is 1. The average Bonchev–Trinajstić information content (AvgIpc) is 3.09. The van der Waals surface area contributed by atoms with Gasteiger partial charge in [0.05, 0.1) is 12.1 Å². The molecule has 3 atom stereocenters. The molecule has 1 aliphatic carbocycles. The molecule has 0 spiro atoms. The summed E-state index contributed by atoms with van der Waals surface area (Å²) in [4.78, 5) is 14.8. The number of aliphatic hydroxyl groups excluding tert-OH is 1. The number of amides is 2. The Bertz CT molecular complexity index is 575. The van der Waals surface area contributed by atoms with E-state index in [2.05, 4.69) is 29.4 Å². The summed E-state index contributed by atoms with van der Waals surface area (Å²) in [7, 11) is 0. The van der Waals surface area contributed by atoms with Gasteiger partial charge in [-0.3, -0.25) is 4.90 Å². The summed E-state index contributed by atoms with van der Waals surface area (Å²) in [6.07, 6.45) is 2.40. The van der Waals surface area contributed by atoms with Gasteiger partial charge in [-0.25, -0.2) is 4.79 Å². The van der Waals surface area contributed by atoms with Crippen molar-refractivity contribution in [1.29, 1.82) is 0 Å². The van der Waals surface area contributed by atoms with E-state index >= 15 is 0 Å². The van der Waals surface area contributed by atoms with E-state index in [1.807, 2.05) is 24.3 Å². The Balaban J connectivity index is 1.51. The van der Waals surface area contributed by atoms with E-state index in [0.29, 0.717) is 24.9 Å². The number of carbonyl (C=O) groups is 1. The van der Waals surface area contributed by atoms with Gasteiger partial charge in [0.2, 0.25) is 0 Å². The molecule has 1 fully saturated rings. The van der Waals surface area contributed by atoms with Gasteiger partial charge in [0.15, 0.2) is 0 Å². The molecule has 1 heterocycles. The Morgan fingerprint density at radius 3 is 2.96 bits per heavy atom. The molecule has 1 saturated heterocycles. The summed E-state index contributed by atoms with van der Waals surface area (Å²) in [5, 5.41) is 16.2. The van der Waals surface area contributed by atoms with Crippen LogP contribution in [-0.4, -0.2) is 47.8 Å². The van der Waals surface area contributed by atoms with Crippen LogP contribution in [0.15, 0.2) is 24.3 Å². The highest BCUT2D eigenvalue weighted by atomic mass is 16.3. The molecule has 0 radical (unpaired) electrons. The summed E-state index contributed by atoms with van der Waals surface area (Å²) < 4.78 is 0. The minimum Gasteiger partial charge on any atom is -0.390 e. The smallest absolute Gasteiger partial charge is 0.315 e. The number of aliphatic hydroxyl groups is 1. The second kappa shape index (κ2) is 7.53. The second-order valence-corrected chi connectivity index (χ2v) is 7.49. The van der Waals surface area contributed by atoms with E-state index in [-0.39, 0.29) is 12.1 Å². The molecule has 0 aromatic heterocycles. The standard InChI is InChI=1S/C19H29N3O2/c1-13(2)12-22-9-5-7-15(22)11-20-19(24)21-18-16-8-4-3-6-14(16)10-17(18)23/h3-4,6,8,13,15,17-18,23H,5,7,9-12H2,1-2H3,(H2,20,21,24)/t15-,17-,18+/m1/s1. The van der Waals surface area contributed by atoms with Crippen molar-refractivity contribution in [1.82, 2.24) is 15.5 Å². The Hall–Kier alpha value is -1.59. The third-order valence-corrected chi connectivity index (χ3v) is 5.09. The van der Waals surface area contributed by atoms with Crippen molar-refractivity contribution < 1.29 is 9.90 Å². The summed E-state index contributed by atoms with van der Waals surface area (Å²) in [5.74, 6) is 0.643. The molecule has 0 saturated carbocycles. The molecule has 5 heteroatoms. The van der Waals surface area contributed by atoms with Crippen molar-refractivity contribution in [2.24, 2.45) is 5.92 Å². The van der Waals surface area contributed by atoms with Gasteiger partial charge in [-0.1, -0.05) is 38.1 Å². The van der Waals surface area contributed by atoms with Crippen molar-refractivity contribution in [3.63, 3.8) is 0 Å². The molecule has 132 valence electrons. The van der Waals surface area contributed by atoms with E-state index in [9.17, 15) is 9.90 Å². The number of benzene rings is 1. The number of fused-ring (bicyclic) bond motifs is 1. The molecule has 3 N–H and O–H groups in total. The lowest BCUT2D eigenvalue weighted by molar-refractivity contribution is 0.141. The molecule has 1 aromatic rings. The van der Waals surface area contributed by atoms with Crippen LogP contribution < -0.4 is 10.6 Å². The van der Waals surface area contributed by atoms with E-state index in [1.54, 1.807) is 0 Å². The van der Waals surface area contributed by atoms with Crippen LogP contribution in [0.3, 0.4) is 0 Å². The van der Waals surface area contributed by atoms with Gasteiger partial charge in [0, 0.05) is 25.6 Å². The number of nitrogens with zero attached hydrogens (tertiary/aromatic N) is 1. The summed E-state index contributed by atoms with van der Waals surface area (Å²) in [5.41, 5.74) is 2.15. The van der Waals surface area contributed by atoms with Crippen LogP contribution in [-0.2, 0) is 6.42 Å². The maximum Gasteiger partial charge on any atom is 0.315 e. The second-order valence-electron chi connectivity index (χ2n) is 7.49. The Morgan fingerprint density at radius 2 is 2.17 bits per heavy atom. The van der Waals surface area contributed by atoms with Gasteiger partial charge in [0.1, 0.15) is 0 Å². The van der Waals surface area contributed by atoms with Crippen LogP contribution in [0.2, 0.25) is 0 Å². The number of carbonyl (C=O) groups excluding carboxylic acids is 1. The molecule has 5 nitrogen and oxygen atoms in total. The molecule has 24 heavy (non-hydrogen) atoms. The lowest BCUT2D eigenvalue weighted by Gasteiger charge is -2.27. The minimum absolute atomic E-state index is 0.188. The third kappa shape index (κ3) is 3.90. The maximum atomic E-state index is 12.3. The van der Waals surface area contributed by atoms with Crippen molar-refractivity contribution in [3.05, 3.63) is 35.4 Å². The fourth-order valence-corrected chi connectivity index (χ4v) is 3.99. The zero-order valence-corrected chi connectivity index (χ0v) is 14.7. The van der Waals surface area contributed by atoms with Gasteiger partial charge in [-0.05, 0) is 36.4 Å². The van der Waals surface area contributed by atoms with Gasteiger partial charge < -0.3 is 15.7 Å². The number of hydrogen-bond donors (Lipinski definition) is 3. The van der Waals surface area contributed by atoms with Crippen LogP contribution in [0.1, 0.15) is 43.9 Å². The first-order valence-corrected chi connectivity index (χ1v) is 9.09. The highest BCUT2D eigenvalue weighted by Crippen LogP contribution is 2.31. The average molecular weight is 331 g/mol. The van der Waals surface area contributed by atoms with E-state index in [1.165, 1.54) is 6.42 Å². The zero-order valence-electron chi connectivity index (χ0n) is 14.7. The third-order valence-electron chi connectivity index (χ3n) is 5.09. The first-order valence-electron chi connectivity index (χ1n) is 9.09. The van der Waals surface area contributed by atoms with Crippen molar-refractivity contribution in [2.75, 3.05) is 19.6 Å². The largest absolute Gasteiger partial charge is 0.390 e. The molecule has 2 aliphatic rings. The fourth-order valence-electron chi connectivity index (χ4n) is 3.99. The lowest BCUT2D eigenvalue weighted by atomic mass is 10.1. The highest BCUT2D eigenvalue weighted by molar-refractivity contribution is 5.74. The lowest BCUT2D eigenvalue weighted by Crippen LogP contribution is -2.46. The first-order chi connectivity index (χ1) is 11.5. The molecule has 1 aromatic carbocycles. The van der Waals surface area contributed by atoms with Crippen LogP contribution in [0.4, 0.5) is 4.79 Å². The molecule has 2 amide bonds. The zero-order chi connectivity index (χ0) is 17.1. The number of urea groups is 1. The van der Waals surface area contributed by atoms with Crippen molar-refractivity contribution in [2.45, 2.75) is 51.3 Å². The van der Waals surface area contributed by atoms with Gasteiger partial charge in [-0.2, -0.15) is 0 Å². The Morgan fingerprint density at radius 1 is 1.38 bits per heavy atom. The van der Waals surface area contributed by atoms with Gasteiger partial charge >= 0.3 is 6.03 Å². The van der Waals surface area contributed by atoms with Crippen LogP contribution >= 0.6 is 0 Å². The van der Waals surface area contributed by atoms with E-state index < -0.39 is 6.10 Å². The SMILES string of the molecule is CC(C)CN1CCC[C@@H]1CNC(=O)N[C@H]1c2ccccc2C[C@H]1O. The van der Waals surface area contributed by atoms with Crippen molar-refractivity contribution >= 4 is 6.03 Å². The van der Waals surface area contributed by atoms with Crippen LogP contribution in [0, 0.1) is 5.92 Å². The Labute approximate surface area is 144 Å². The predicted molar refractivity (Wildman–Crippen MR) is 94.9 cm³/mol. The minimum atomic E-state index is -0.544. The molecule has 0 bridgehead atoms. The quantitative estimate of drug-likeness (QED) is 0.774. The van der Waals surface area contributed by atoms with Crippen LogP contribution in [0.25, 0.3) is 0 Å². The van der Waals surface area contributed by atoms with E-state index in [0.717, 1.165) is 30.6 Å². The summed E-state index contributed by atoms with van der Waals surface area (Å²) in [6, 6.07) is 7.85. The first kappa shape index (κ1) is 17.2. The maximum absolute atomic E-state index is 12.3. The molecule has 3 rings (SSSR count). The highest BCUT2D eigenvalue weighted by Gasteiger charge is 2.32. The van der Waals surface area contributed by atoms with Gasteiger partial charge in [-0.15, -0.1) is 0 Å². The number of nitrogens with one attached hydrogen (secondary N) is 2. The van der Waals surface area contributed by atoms with Crippen LogP contribution in [0.5, 0.6) is 0 Å². The monoisotopic (exact) mass is 331 g/mol. The number of hydrogen-bond acceptors (Lipinski definition) is 3. The topological polar surface area (TPSA) is 64.6 Å². The summed E-state index contributed by atoms with van der Waals surface area (Å²) >= 11 is 0. The van der Waals surface area contributed by atoms with E-state index in [4.69, 9.17) is 0 Å². The molecule has 0 unspecified atom stereocenters. The number of rotatable bonds is 5. The predicted octanol–water partition coefficient (Wildman–Crippen LogP) is 2.06. The Kier molecular flexibility index (Phi) is 5.41. The fraction of sp³-hybridized carbons (Fsp3) is 0.632. The molecule has 1 aliphatic heterocycles. The van der Waals surface area contributed by atoms with Gasteiger partial charge in [0.25, 0.3) is 0 Å². The molecular formula is C19H29N3O2. The normalized spacial score (nSPS) is 26.6. The summed E-state index contributed by atoms with van der Waals surface area (Å²) in [6.45, 7) is 7.34. The van der Waals surface area contributed by atoms with Crippen molar-refractivity contribution in [3.8, 4) is 0 Å².